The Morgan fingerprint density at radius 1 is 1.26 bits per heavy atom. The van der Waals surface area contributed by atoms with Crippen molar-refractivity contribution in [2.45, 2.75) is 52.5 Å². The van der Waals surface area contributed by atoms with Gasteiger partial charge in [0.25, 0.3) is 5.56 Å². The van der Waals surface area contributed by atoms with Crippen LogP contribution in [0.15, 0.2) is 41.3 Å². The van der Waals surface area contributed by atoms with Crippen molar-refractivity contribution in [2.24, 2.45) is 0 Å². The Hall–Kier alpha value is -2.23. The van der Waals surface area contributed by atoms with E-state index in [1.165, 1.54) is 0 Å². The zero-order chi connectivity index (χ0) is 17.0. The highest BCUT2D eigenvalue weighted by Crippen LogP contribution is 2.29. The Morgan fingerprint density at radius 3 is 2.48 bits per heavy atom. The van der Waals surface area contributed by atoms with Crippen LogP contribution in [0.5, 0.6) is 0 Å². The smallest absolute Gasteiger partial charge is 0.272 e. The molecule has 0 amide bonds. The van der Waals surface area contributed by atoms with E-state index in [0.29, 0.717) is 25.1 Å². The van der Waals surface area contributed by atoms with E-state index in [1.54, 1.807) is 17.7 Å². The maximum absolute atomic E-state index is 12.5. The number of hydrogen-bond donors (Lipinski definition) is 0. The molecule has 0 spiro atoms. The van der Waals surface area contributed by atoms with Crippen LogP contribution in [0.3, 0.4) is 0 Å². The molecule has 2 aromatic rings. The van der Waals surface area contributed by atoms with Crippen LogP contribution in [0.25, 0.3) is 0 Å². The quantitative estimate of drug-likeness (QED) is 0.824. The third kappa shape index (κ3) is 3.41. The first-order chi connectivity index (χ1) is 10.9. The lowest BCUT2D eigenvalue weighted by molar-refractivity contribution is -0.122. The second-order valence-electron chi connectivity index (χ2n) is 6.15. The summed E-state index contributed by atoms with van der Waals surface area (Å²) < 4.78 is 1.72. The van der Waals surface area contributed by atoms with Gasteiger partial charge in [0.05, 0.1) is 5.41 Å². The second kappa shape index (κ2) is 6.90. The molecule has 0 saturated heterocycles. The van der Waals surface area contributed by atoms with Gasteiger partial charge in [-0.3, -0.25) is 14.6 Å². The molecule has 0 aliphatic rings. The number of aromatic nitrogens is 2. The largest absolute Gasteiger partial charge is 0.310 e. The Kier molecular flexibility index (Phi) is 5.14. The van der Waals surface area contributed by atoms with Gasteiger partial charge in [0, 0.05) is 18.4 Å². The number of ketones is 1. The zero-order valence-electron chi connectivity index (χ0n) is 14.3. The van der Waals surface area contributed by atoms with Gasteiger partial charge < -0.3 is 4.57 Å². The number of hydrogen-bond acceptors (Lipinski definition) is 3. The first-order valence-electron chi connectivity index (χ1n) is 8.02. The fourth-order valence-electron chi connectivity index (χ4n) is 2.87. The van der Waals surface area contributed by atoms with Crippen molar-refractivity contribution in [3.05, 3.63) is 63.8 Å². The lowest BCUT2D eigenvalue weighted by atomic mass is 9.75. The highest BCUT2D eigenvalue weighted by molar-refractivity contribution is 5.87. The summed E-state index contributed by atoms with van der Waals surface area (Å²) >= 11 is 0. The molecule has 1 heterocycles. The number of carbonyl (C=O) groups excluding carboxylic acids is 1. The van der Waals surface area contributed by atoms with Crippen LogP contribution in [0.4, 0.5) is 0 Å². The van der Waals surface area contributed by atoms with Gasteiger partial charge in [-0.15, -0.1) is 0 Å². The topological polar surface area (TPSA) is 52.0 Å². The van der Waals surface area contributed by atoms with Crippen molar-refractivity contribution in [3.8, 4) is 0 Å². The lowest BCUT2D eigenvalue weighted by Gasteiger charge is -2.27. The normalized spacial score (nSPS) is 13.6. The van der Waals surface area contributed by atoms with Crippen LogP contribution in [0, 0.1) is 6.92 Å². The van der Waals surface area contributed by atoms with Crippen molar-refractivity contribution < 1.29 is 4.79 Å². The SMILES string of the molecule is CCn1c(C)cnc(CCC(C)(C(C)=O)c2ccccc2)c1=O. The van der Waals surface area contributed by atoms with Crippen molar-refractivity contribution >= 4 is 5.78 Å². The van der Waals surface area contributed by atoms with Gasteiger partial charge in [-0.25, -0.2) is 0 Å². The third-order valence-electron chi connectivity index (χ3n) is 4.69. The molecule has 1 atom stereocenters. The summed E-state index contributed by atoms with van der Waals surface area (Å²) in [5.74, 6) is 0.103. The van der Waals surface area contributed by atoms with E-state index in [-0.39, 0.29) is 11.3 Å². The fraction of sp³-hybridized carbons (Fsp3) is 0.421. The summed E-state index contributed by atoms with van der Waals surface area (Å²) in [5.41, 5.74) is 1.72. The molecule has 1 unspecified atom stereocenters. The van der Waals surface area contributed by atoms with Crippen LogP contribution < -0.4 is 5.56 Å². The Bertz CT molecular complexity index is 750. The van der Waals surface area contributed by atoms with Gasteiger partial charge in [-0.2, -0.15) is 0 Å². The molecule has 0 bridgehead atoms. The number of nitrogens with zero attached hydrogens (tertiary/aromatic N) is 2. The molecular formula is C19H24N2O2. The first kappa shape index (κ1) is 17.1. The summed E-state index contributed by atoms with van der Waals surface area (Å²) in [7, 11) is 0. The van der Waals surface area contributed by atoms with Gasteiger partial charge in [0.2, 0.25) is 0 Å². The molecule has 2 rings (SSSR count). The first-order valence-corrected chi connectivity index (χ1v) is 8.02. The molecule has 0 fully saturated rings. The number of rotatable bonds is 6. The summed E-state index contributed by atoms with van der Waals surface area (Å²) in [6, 6.07) is 9.74. The molecule has 0 aliphatic heterocycles. The summed E-state index contributed by atoms with van der Waals surface area (Å²) in [5, 5.41) is 0. The molecule has 4 nitrogen and oxygen atoms in total. The molecule has 23 heavy (non-hydrogen) atoms. The van der Waals surface area contributed by atoms with Gasteiger partial charge >= 0.3 is 0 Å². The Balaban J connectivity index is 2.31. The molecule has 122 valence electrons. The maximum Gasteiger partial charge on any atom is 0.272 e. The van der Waals surface area contributed by atoms with E-state index in [4.69, 9.17) is 0 Å². The minimum Gasteiger partial charge on any atom is -0.310 e. The van der Waals surface area contributed by atoms with E-state index in [9.17, 15) is 9.59 Å². The Morgan fingerprint density at radius 2 is 1.91 bits per heavy atom. The minimum atomic E-state index is -0.600. The lowest BCUT2D eigenvalue weighted by Crippen LogP contribution is -2.33. The predicted octanol–water partition coefficient (Wildman–Crippen LogP) is 3.05. The number of carbonyl (C=O) groups is 1. The number of Topliss-reactive ketones (excluding diaryl/α,β-unsaturated/α-hetero) is 1. The van der Waals surface area contributed by atoms with Crippen LogP contribution in [0.2, 0.25) is 0 Å². The monoisotopic (exact) mass is 312 g/mol. The standard InChI is InChI=1S/C19H24N2O2/c1-5-21-14(2)13-20-17(18(21)23)11-12-19(4,15(3)22)16-9-7-6-8-10-16/h6-10,13H,5,11-12H2,1-4H3. The maximum atomic E-state index is 12.5. The second-order valence-corrected chi connectivity index (χ2v) is 6.15. The van der Waals surface area contributed by atoms with Crippen LogP contribution in [-0.2, 0) is 23.2 Å². The molecule has 0 N–H and O–H groups in total. The molecular weight excluding hydrogens is 288 g/mol. The molecule has 0 saturated carbocycles. The van der Waals surface area contributed by atoms with E-state index in [1.807, 2.05) is 51.1 Å². The van der Waals surface area contributed by atoms with E-state index in [0.717, 1.165) is 11.3 Å². The summed E-state index contributed by atoms with van der Waals surface area (Å²) in [6.07, 6.45) is 2.79. The van der Waals surface area contributed by atoms with Crippen LogP contribution in [-0.4, -0.2) is 15.3 Å². The van der Waals surface area contributed by atoms with E-state index in [2.05, 4.69) is 4.98 Å². The average Bonchev–Trinajstić information content (AvgIpc) is 2.55. The summed E-state index contributed by atoms with van der Waals surface area (Å²) in [4.78, 5) is 29.0. The fourth-order valence-corrected chi connectivity index (χ4v) is 2.87. The van der Waals surface area contributed by atoms with Gasteiger partial charge in [-0.05, 0) is 46.1 Å². The molecule has 1 aromatic carbocycles. The van der Waals surface area contributed by atoms with Crippen molar-refractivity contribution in [1.82, 2.24) is 9.55 Å². The molecule has 0 aliphatic carbocycles. The predicted molar refractivity (Wildman–Crippen MR) is 91.7 cm³/mol. The van der Waals surface area contributed by atoms with Crippen molar-refractivity contribution in [1.29, 1.82) is 0 Å². The van der Waals surface area contributed by atoms with Crippen molar-refractivity contribution in [2.75, 3.05) is 0 Å². The summed E-state index contributed by atoms with van der Waals surface area (Å²) in [6.45, 7) is 8.01. The highest BCUT2D eigenvalue weighted by atomic mass is 16.1. The third-order valence-corrected chi connectivity index (χ3v) is 4.69. The number of aryl methyl sites for hydroxylation is 2. The Labute approximate surface area is 137 Å². The van der Waals surface area contributed by atoms with Crippen molar-refractivity contribution in [3.63, 3.8) is 0 Å². The van der Waals surface area contributed by atoms with Crippen LogP contribution >= 0.6 is 0 Å². The van der Waals surface area contributed by atoms with Crippen LogP contribution in [0.1, 0.15) is 44.1 Å². The molecule has 1 aromatic heterocycles. The zero-order valence-corrected chi connectivity index (χ0v) is 14.3. The van der Waals surface area contributed by atoms with Gasteiger partial charge in [-0.1, -0.05) is 30.3 Å². The average molecular weight is 312 g/mol. The molecule has 0 radical (unpaired) electrons. The number of benzene rings is 1. The van der Waals surface area contributed by atoms with Gasteiger partial charge in [0.1, 0.15) is 11.5 Å². The van der Waals surface area contributed by atoms with Gasteiger partial charge in [0.15, 0.2) is 0 Å². The highest BCUT2D eigenvalue weighted by Gasteiger charge is 2.32. The minimum absolute atomic E-state index is 0.0496. The molecule has 4 heteroatoms. The van der Waals surface area contributed by atoms with E-state index < -0.39 is 5.41 Å². The van der Waals surface area contributed by atoms with E-state index >= 15 is 0 Å².